The highest BCUT2D eigenvalue weighted by molar-refractivity contribution is 7.84. The van der Waals surface area contributed by atoms with Gasteiger partial charge in [0.2, 0.25) is 0 Å². The first kappa shape index (κ1) is 15.6. The average molecular weight is 345 g/mol. The second-order valence-electron chi connectivity index (χ2n) is 4.98. The number of nitrogens with zero attached hydrogens (tertiary/aromatic N) is 1. The molecule has 0 spiro atoms. The molecule has 0 unspecified atom stereocenters. The molecule has 1 amide bonds. The molecule has 2 aromatic carbocycles. The molecule has 4 nitrogen and oxygen atoms in total. The van der Waals surface area contributed by atoms with Crippen molar-refractivity contribution in [3.63, 3.8) is 0 Å². The first-order valence-electron chi connectivity index (χ1n) is 6.84. The third-order valence-electron chi connectivity index (χ3n) is 3.34. The van der Waals surface area contributed by atoms with Gasteiger partial charge in [0, 0.05) is 38.6 Å². The minimum Gasteiger partial charge on any atom is -0.322 e. The number of amides is 1. The summed E-state index contributed by atoms with van der Waals surface area (Å²) in [6.07, 6.45) is 1.60. The van der Waals surface area contributed by atoms with E-state index in [1.807, 2.05) is 6.07 Å². The van der Waals surface area contributed by atoms with E-state index in [0.29, 0.717) is 21.3 Å². The molecule has 1 atom stereocenters. The lowest BCUT2D eigenvalue weighted by molar-refractivity contribution is 0.102. The number of fused-ring (bicyclic) bond motifs is 1. The Morgan fingerprint density at radius 2 is 1.96 bits per heavy atom. The van der Waals surface area contributed by atoms with Gasteiger partial charge in [0.25, 0.3) is 5.91 Å². The predicted octanol–water partition coefficient (Wildman–Crippen LogP) is 3.88. The number of hydrogen-bond donors (Lipinski definition) is 1. The smallest absolute Gasteiger partial charge is 0.255 e. The van der Waals surface area contributed by atoms with Gasteiger partial charge < -0.3 is 5.32 Å². The van der Waals surface area contributed by atoms with E-state index in [0.717, 1.165) is 10.9 Å². The van der Waals surface area contributed by atoms with Gasteiger partial charge in [-0.25, -0.2) is 4.98 Å². The molecule has 0 aliphatic heterocycles. The quantitative estimate of drug-likeness (QED) is 0.733. The number of halogens is 1. The number of nitrogens with one attached hydrogen (secondary N) is 1. The molecule has 0 aliphatic carbocycles. The summed E-state index contributed by atoms with van der Waals surface area (Å²) in [6.45, 7) is 0. The second kappa shape index (κ2) is 6.48. The summed E-state index contributed by atoms with van der Waals surface area (Å²) in [4.78, 5) is 17.2. The number of anilines is 1. The lowest BCUT2D eigenvalue weighted by Crippen LogP contribution is -2.12. The highest BCUT2D eigenvalue weighted by Crippen LogP contribution is 2.19. The SMILES string of the molecule is C[S@](=O)c1cccc(NC(=O)c2ccc3nc(Cl)ccc3c2)c1. The monoisotopic (exact) mass is 344 g/mol. The van der Waals surface area contributed by atoms with E-state index in [4.69, 9.17) is 11.6 Å². The summed E-state index contributed by atoms with van der Waals surface area (Å²) in [5, 5.41) is 4.06. The summed E-state index contributed by atoms with van der Waals surface area (Å²) < 4.78 is 11.5. The molecule has 0 fully saturated rings. The van der Waals surface area contributed by atoms with E-state index in [2.05, 4.69) is 10.3 Å². The highest BCUT2D eigenvalue weighted by Gasteiger charge is 2.08. The van der Waals surface area contributed by atoms with Crippen LogP contribution in [0.25, 0.3) is 10.9 Å². The molecule has 0 aliphatic rings. The van der Waals surface area contributed by atoms with Gasteiger partial charge in [-0.2, -0.15) is 0 Å². The fourth-order valence-corrected chi connectivity index (χ4v) is 2.92. The highest BCUT2D eigenvalue weighted by atomic mass is 35.5. The molecule has 23 heavy (non-hydrogen) atoms. The molecule has 0 radical (unpaired) electrons. The molecule has 1 aromatic heterocycles. The molecule has 3 rings (SSSR count). The zero-order valence-corrected chi connectivity index (χ0v) is 13.8. The van der Waals surface area contributed by atoms with Crippen molar-refractivity contribution < 1.29 is 9.00 Å². The van der Waals surface area contributed by atoms with Gasteiger partial charge in [0.05, 0.1) is 5.52 Å². The van der Waals surface area contributed by atoms with Crippen LogP contribution >= 0.6 is 11.6 Å². The number of pyridine rings is 1. The molecule has 1 heterocycles. The van der Waals surface area contributed by atoms with Gasteiger partial charge in [-0.3, -0.25) is 9.00 Å². The predicted molar refractivity (Wildman–Crippen MR) is 93.5 cm³/mol. The standard InChI is InChI=1S/C17H13ClN2O2S/c1-23(22)14-4-2-3-13(10-14)19-17(21)12-5-7-15-11(9-12)6-8-16(18)20-15/h2-10H,1H3,(H,19,21)/t23-/m0/s1. The summed E-state index contributed by atoms with van der Waals surface area (Å²) >= 11 is 5.85. The normalized spacial score (nSPS) is 12.1. The molecular weight excluding hydrogens is 332 g/mol. The van der Waals surface area contributed by atoms with Crippen molar-refractivity contribution in [1.29, 1.82) is 0 Å². The van der Waals surface area contributed by atoms with Crippen LogP contribution < -0.4 is 5.32 Å². The van der Waals surface area contributed by atoms with Crippen LogP contribution in [0, 0.1) is 0 Å². The number of benzene rings is 2. The van der Waals surface area contributed by atoms with Crippen molar-refractivity contribution in [1.82, 2.24) is 4.98 Å². The number of carbonyl (C=O) groups excluding carboxylic acids is 1. The average Bonchev–Trinajstić information content (AvgIpc) is 2.54. The molecule has 1 N–H and O–H groups in total. The van der Waals surface area contributed by atoms with Crippen LogP contribution in [0.3, 0.4) is 0 Å². The Bertz CT molecular complexity index is 927. The van der Waals surface area contributed by atoms with Crippen LogP contribution in [-0.4, -0.2) is 21.4 Å². The van der Waals surface area contributed by atoms with Crippen molar-refractivity contribution in [3.8, 4) is 0 Å². The molecule has 6 heteroatoms. The van der Waals surface area contributed by atoms with Crippen molar-refractivity contribution in [2.24, 2.45) is 0 Å². The van der Waals surface area contributed by atoms with E-state index < -0.39 is 10.8 Å². The molecule has 116 valence electrons. The Hall–Kier alpha value is -2.24. The van der Waals surface area contributed by atoms with Gasteiger partial charge in [-0.15, -0.1) is 0 Å². The zero-order chi connectivity index (χ0) is 16.4. The fourth-order valence-electron chi connectivity index (χ4n) is 2.20. The maximum absolute atomic E-state index is 12.4. The summed E-state index contributed by atoms with van der Waals surface area (Å²) in [6, 6.07) is 15.7. The van der Waals surface area contributed by atoms with E-state index in [9.17, 15) is 9.00 Å². The Kier molecular flexibility index (Phi) is 4.41. The molecule has 3 aromatic rings. The Morgan fingerprint density at radius 1 is 1.13 bits per heavy atom. The summed E-state index contributed by atoms with van der Waals surface area (Å²) in [5.41, 5.74) is 1.86. The number of hydrogen-bond acceptors (Lipinski definition) is 3. The first-order chi connectivity index (χ1) is 11.0. The first-order valence-corrected chi connectivity index (χ1v) is 8.78. The second-order valence-corrected chi connectivity index (χ2v) is 6.74. The lowest BCUT2D eigenvalue weighted by atomic mass is 10.1. The molecule has 0 saturated heterocycles. The third kappa shape index (κ3) is 3.57. The van der Waals surface area contributed by atoms with Gasteiger partial charge in [-0.05, 0) is 48.5 Å². The van der Waals surface area contributed by atoms with Crippen LogP contribution in [0.2, 0.25) is 5.15 Å². The maximum atomic E-state index is 12.4. The summed E-state index contributed by atoms with van der Waals surface area (Å²) in [7, 11) is -1.09. The lowest BCUT2D eigenvalue weighted by Gasteiger charge is -2.07. The van der Waals surface area contributed by atoms with Crippen LogP contribution in [0.4, 0.5) is 5.69 Å². The molecule has 0 saturated carbocycles. The molecular formula is C17H13ClN2O2S. The van der Waals surface area contributed by atoms with Crippen LogP contribution in [0.15, 0.2) is 59.5 Å². The Morgan fingerprint density at radius 3 is 2.74 bits per heavy atom. The topological polar surface area (TPSA) is 59.1 Å². The molecule has 0 bridgehead atoms. The van der Waals surface area contributed by atoms with Crippen LogP contribution in [-0.2, 0) is 10.8 Å². The fraction of sp³-hybridized carbons (Fsp3) is 0.0588. The van der Waals surface area contributed by atoms with E-state index in [1.54, 1.807) is 54.8 Å². The van der Waals surface area contributed by atoms with Crippen molar-refractivity contribution in [2.75, 3.05) is 11.6 Å². The van der Waals surface area contributed by atoms with Gasteiger partial charge in [0.15, 0.2) is 0 Å². The minimum atomic E-state index is -1.09. The summed E-state index contributed by atoms with van der Waals surface area (Å²) in [5.74, 6) is -0.235. The van der Waals surface area contributed by atoms with Crippen molar-refractivity contribution in [3.05, 3.63) is 65.3 Å². The van der Waals surface area contributed by atoms with Crippen LogP contribution in [0.5, 0.6) is 0 Å². The van der Waals surface area contributed by atoms with Crippen LogP contribution in [0.1, 0.15) is 10.4 Å². The van der Waals surface area contributed by atoms with Gasteiger partial charge >= 0.3 is 0 Å². The zero-order valence-electron chi connectivity index (χ0n) is 12.2. The van der Waals surface area contributed by atoms with Gasteiger partial charge in [-0.1, -0.05) is 17.7 Å². The van der Waals surface area contributed by atoms with Gasteiger partial charge in [0.1, 0.15) is 5.15 Å². The van der Waals surface area contributed by atoms with Crippen molar-refractivity contribution >= 4 is 44.9 Å². The number of rotatable bonds is 3. The maximum Gasteiger partial charge on any atom is 0.255 e. The number of carbonyl (C=O) groups is 1. The van der Waals surface area contributed by atoms with Crippen molar-refractivity contribution in [2.45, 2.75) is 4.90 Å². The third-order valence-corrected chi connectivity index (χ3v) is 4.47. The van der Waals surface area contributed by atoms with E-state index in [1.165, 1.54) is 0 Å². The Labute approximate surface area is 141 Å². The minimum absolute atomic E-state index is 0.235. The number of aromatic nitrogens is 1. The Balaban J connectivity index is 1.87. The van der Waals surface area contributed by atoms with E-state index in [-0.39, 0.29) is 5.91 Å². The largest absolute Gasteiger partial charge is 0.322 e. The van der Waals surface area contributed by atoms with E-state index >= 15 is 0 Å².